The van der Waals surface area contributed by atoms with Crippen LogP contribution in [0.1, 0.15) is 107 Å². The summed E-state index contributed by atoms with van der Waals surface area (Å²) in [6.45, 7) is 21.2. The lowest BCUT2D eigenvalue weighted by molar-refractivity contribution is -0.0789. The minimum absolute atomic E-state index is 0.0891. The molecule has 1 spiro atoms. The molecule has 2 unspecified atom stereocenters. The van der Waals surface area contributed by atoms with Gasteiger partial charge in [0.15, 0.2) is 0 Å². The van der Waals surface area contributed by atoms with E-state index in [1.54, 1.807) is 0 Å². The van der Waals surface area contributed by atoms with Crippen molar-refractivity contribution >= 4 is 0 Å². The maximum absolute atomic E-state index is 15.1. The first-order chi connectivity index (χ1) is 14.8. The van der Waals surface area contributed by atoms with Gasteiger partial charge in [0.2, 0.25) is 0 Å². The van der Waals surface area contributed by atoms with Crippen molar-refractivity contribution in [2.24, 2.45) is 28.6 Å². The molecule has 0 radical (unpaired) electrons. The van der Waals surface area contributed by atoms with E-state index in [1.165, 1.54) is 36.8 Å². The van der Waals surface area contributed by atoms with Crippen molar-refractivity contribution in [3.8, 4) is 0 Å². The lowest BCUT2D eigenvalue weighted by Gasteiger charge is -2.61. The van der Waals surface area contributed by atoms with E-state index in [2.05, 4.69) is 65.6 Å². The average Bonchev–Trinajstić information content (AvgIpc) is 3.41. The second kappa shape index (κ2) is 9.40. The van der Waals surface area contributed by atoms with Crippen LogP contribution < -0.4 is 5.32 Å². The fourth-order valence-corrected chi connectivity index (χ4v) is 7.36. The van der Waals surface area contributed by atoms with Gasteiger partial charge in [-0.05, 0) is 108 Å². The van der Waals surface area contributed by atoms with Crippen molar-refractivity contribution in [3.63, 3.8) is 0 Å². The van der Waals surface area contributed by atoms with E-state index in [1.807, 2.05) is 13.8 Å². The largest absolute Gasteiger partial charge is 0.312 e. The number of hydrogen-bond acceptors (Lipinski definition) is 1. The van der Waals surface area contributed by atoms with Crippen LogP contribution in [0, 0.1) is 28.6 Å². The number of allylic oxidation sites excluding steroid dienone is 5. The maximum Gasteiger partial charge on any atom is 0.111 e. The highest BCUT2D eigenvalue weighted by Crippen LogP contribution is 2.65. The molecule has 1 nitrogen and oxygen atoms in total. The molecule has 2 heteroatoms. The van der Waals surface area contributed by atoms with Gasteiger partial charge in [-0.15, -0.1) is 0 Å². The summed E-state index contributed by atoms with van der Waals surface area (Å²) in [6, 6.07) is 1.30. The van der Waals surface area contributed by atoms with E-state index in [9.17, 15) is 0 Å². The zero-order chi connectivity index (χ0) is 23.9. The molecule has 0 aromatic rings. The molecule has 0 aromatic heterocycles. The minimum atomic E-state index is -1.07. The van der Waals surface area contributed by atoms with E-state index >= 15 is 4.39 Å². The van der Waals surface area contributed by atoms with Gasteiger partial charge >= 0.3 is 0 Å². The summed E-state index contributed by atoms with van der Waals surface area (Å²) in [6.07, 6.45) is 14.3. The number of halogens is 1. The highest BCUT2D eigenvalue weighted by atomic mass is 19.1. The summed E-state index contributed by atoms with van der Waals surface area (Å²) < 4.78 is 15.1. The molecule has 3 aliphatic carbocycles. The standard InChI is InChI=1S/C30H50FN/c1-10-23(20(3)4)14-22(7)27(24(11-2)17-30(12-13-30)28(8,9)31)25-15-29(16-25)18-26(19-29)32-21(5)6/h10,14,21,24-27,32H,3,11-13,15-19H2,1-2,4-9H3/b22-14+,23-10+. The molecule has 0 heterocycles. The third kappa shape index (κ3) is 5.26. The van der Waals surface area contributed by atoms with Gasteiger partial charge in [0.05, 0.1) is 0 Å². The summed E-state index contributed by atoms with van der Waals surface area (Å²) in [4.78, 5) is 0. The van der Waals surface area contributed by atoms with Crippen molar-refractivity contribution in [1.82, 2.24) is 5.32 Å². The molecule has 3 fully saturated rings. The van der Waals surface area contributed by atoms with Gasteiger partial charge in [-0.25, -0.2) is 4.39 Å². The maximum atomic E-state index is 15.1. The third-order valence-electron chi connectivity index (χ3n) is 9.34. The van der Waals surface area contributed by atoms with Gasteiger partial charge in [-0.3, -0.25) is 0 Å². The zero-order valence-electron chi connectivity index (χ0n) is 22.3. The van der Waals surface area contributed by atoms with Crippen molar-refractivity contribution in [1.29, 1.82) is 0 Å². The quantitative estimate of drug-likeness (QED) is 0.315. The third-order valence-corrected chi connectivity index (χ3v) is 9.34. The van der Waals surface area contributed by atoms with Crippen molar-refractivity contribution in [2.45, 2.75) is 125 Å². The fraction of sp³-hybridized carbons (Fsp3) is 0.800. The molecule has 0 bridgehead atoms. The molecule has 3 rings (SSSR count). The van der Waals surface area contributed by atoms with Crippen molar-refractivity contribution in [2.75, 3.05) is 0 Å². The van der Waals surface area contributed by atoms with Crippen LogP contribution >= 0.6 is 0 Å². The summed E-state index contributed by atoms with van der Waals surface area (Å²) in [5, 5.41) is 3.74. The van der Waals surface area contributed by atoms with E-state index in [0.717, 1.165) is 37.2 Å². The van der Waals surface area contributed by atoms with Crippen molar-refractivity contribution < 1.29 is 4.39 Å². The first-order valence-electron chi connectivity index (χ1n) is 13.3. The lowest BCUT2D eigenvalue weighted by Crippen LogP contribution is -2.57. The molecule has 0 aliphatic heterocycles. The molecule has 2 atom stereocenters. The Kier molecular flexibility index (Phi) is 7.55. The molecule has 3 saturated carbocycles. The molecule has 0 aromatic carbocycles. The van der Waals surface area contributed by atoms with Gasteiger partial charge in [0, 0.05) is 17.5 Å². The predicted molar refractivity (Wildman–Crippen MR) is 138 cm³/mol. The summed E-state index contributed by atoms with van der Waals surface area (Å²) in [5.41, 5.74) is 3.31. The van der Waals surface area contributed by atoms with Gasteiger partial charge in [0.25, 0.3) is 0 Å². The molecule has 3 aliphatic rings. The van der Waals surface area contributed by atoms with Crippen LogP contribution in [-0.2, 0) is 0 Å². The Bertz CT molecular complexity index is 731. The minimum Gasteiger partial charge on any atom is -0.312 e. The highest BCUT2D eigenvalue weighted by molar-refractivity contribution is 5.39. The Morgan fingerprint density at radius 2 is 1.75 bits per heavy atom. The molecular formula is C30H50FN. The highest BCUT2D eigenvalue weighted by Gasteiger charge is 2.59. The lowest BCUT2D eigenvalue weighted by atomic mass is 9.46. The first-order valence-corrected chi connectivity index (χ1v) is 13.3. The molecule has 182 valence electrons. The molecule has 0 saturated heterocycles. The molecule has 0 amide bonds. The summed E-state index contributed by atoms with van der Waals surface area (Å²) >= 11 is 0. The van der Waals surface area contributed by atoms with Gasteiger partial charge in [-0.2, -0.15) is 0 Å². The van der Waals surface area contributed by atoms with E-state index in [0.29, 0.717) is 29.3 Å². The smallest absolute Gasteiger partial charge is 0.111 e. The number of alkyl halides is 1. The Morgan fingerprint density at radius 1 is 1.16 bits per heavy atom. The van der Waals surface area contributed by atoms with Crippen LogP contribution in [0.25, 0.3) is 0 Å². The molecule has 32 heavy (non-hydrogen) atoms. The fourth-order valence-electron chi connectivity index (χ4n) is 7.36. The number of hydrogen-bond donors (Lipinski definition) is 1. The van der Waals surface area contributed by atoms with E-state index in [4.69, 9.17) is 0 Å². The monoisotopic (exact) mass is 443 g/mol. The topological polar surface area (TPSA) is 12.0 Å². The SMILES string of the molecule is C=C(C)C(=C/C)/C=C(\C)C(C1CC2(CC(NC(C)C)C2)C1)C(CC)CC1(C(C)(C)F)CC1. The van der Waals surface area contributed by atoms with E-state index in [-0.39, 0.29) is 5.41 Å². The Hall–Kier alpha value is -0.890. The van der Waals surface area contributed by atoms with Crippen LogP contribution in [0.3, 0.4) is 0 Å². The number of rotatable bonds is 11. The molecular weight excluding hydrogens is 393 g/mol. The van der Waals surface area contributed by atoms with Gasteiger partial charge < -0.3 is 5.32 Å². The Morgan fingerprint density at radius 3 is 2.16 bits per heavy atom. The van der Waals surface area contributed by atoms with Crippen LogP contribution in [0.5, 0.6) is 0 Å². The van der Waals surface area contributed by atoms with Crippen LogP contribution in [-0.4, -0.2) is 17.8 Å². The van der Waals surface area contributed by atoms with Crippen LogP contribution in [0.2, 0.25) is 0 Å². The Balaban J connectivity index is 1.78. The zero-order valence-corrected chi connectivity index (χ0v) is 22.3. The van der Waals surface area contributed by atoms with E-state index < -0.39 is 5.67 Å². The predicted octanol–water partition coefficient (Wildman–Crippen LogP) is 8.57. The van der Waals surface area contributed by atoms with Gasteiger partial charge in [-0.1, -0.05) is 57.1 Å². The second-order valence-corrected chi connectivity index (χ2v) is 12.7. The first kappa shape index (κ1) is 25.7. The average molecular weight is 444 g/mol. The summed E-state index contributed by atoms with van der Waals surface area (Å²) in [5.74, 6) is 1.88. The summed E-state index contributed by atoms with van der Waals surface area (Å²) in [7, 11) is 0. The molecule has 1 N–H and O–H groups in total. The number of nitrogens with one attached hydrogen (secondary N) is 1. The normalized spacial score (nSPS) is 31.8. The second-order valence-electron chi connectivity index (χ2n) is 12.7. The van der Waals surface area contributed by atoms with Gasteiger partial charge in [0.1, 0.15) is 5.67 Å². The Labute approximate surface area is 198 Å². The van der Waals surface area contributed by atoms with Crippen LogP contribution in [0.4, 0.5) is 4.39 Å². The van der Waals surface area contributed by atoms with Crippen LogP contribution in [0.15, 0.2) is 35.5 Å². The van der Waals surface area contributed by atoms with Crippen molar-refractivity contribution in [3.05, 3.63) is 35.5 Å².